The Balaban J connectivity index is 1.56. The number of likely N-dealkylation sites (N-methyl/N-ethyl adjacent to an activating group) is 1. The van der Waals surface area contributed by atoms with E-state index in [0.29, 0.717) is 18.0 Å². The predicted molar refractivity (Wildman–Crippen MR) is 119 cm³/mol. The molecule has 0 saturated carbocycles. The third-order valence-electron chi connectivity index (χ3n) is 4.85. The first-order chi connectivity index (χ1) is 14.2. The maximum absolute atomic E-state index is 13.1. The fourth-order valence-corrected chi connectivity index (χ4v) is 4.48. The summed E-state index contributed by atoms with van der Waals surface area (Å²) in [6, 6.07) is 13.5. The van der Waals surface area contributed by atoms with Crippen LogP contribution in [0.1, 0.15) is 32.4 Å². The number of hydrogen-bond donors (Lipinski definition) is 3. The standard InChI is InChI=1S/C22H21ClN4OS/c1-24-13-19(15-3-2-4-17(23)12-15)27-22(28)20-16(7-10-29-20)11-14-5-8-25-21-18(14)6-9-26-21/h2-10,12,19,24H,11,13H2,1H3,(H,25,26)(H,27,28). The average Bonchev–Trinajstić information content (AvgIpc) is 3.37. The molecule has 0 saturated heterocycles. The van der Waals surface area contributed by atoms with Crippen LogP contribution in [0, 0.1) is 0 Å². The number of aromatic amines is 1. The molecule has 29 heavy (non-hydrogen) atoms. The smallest absolute Gasteiger partial charge is 0.262 e. The molecule has 0 aliphatic heterocycles. The molecule has 3 aromatic heterocycles. The number of halogens is 1. The van der Waals surface area contributed by atoms with E-state index in [1.54, 1.807) is 6.20 Å². The van der Waals surface area contributed by atoms with E-state index in [-0.39, 0.29) is 11.9 Å². The van der Waals surface area contributed by atoms with E-state index < -0.39 is 0 Å². The van der Waals surface area contributed by atoms with E-state index in [2.05, 4.69) is 20.6 Å². The molecule has 5 nitrogen and oxygen atoms in total. The minimum atomic E-state index is -0.168. The summed E-state index contributed by atoms with van der Waals surface area (Å²) in [6.45, 7) is 0.612. The van der Waals surface area contributed by atoms with E-state index in [0.717, 1.165) is 32.6 Å². The molecule has 1 amide bonds. The molecule has 148 valence electrons. The first kappa shape index (κ1) is 19.6. The highest BCUT2D eigenvalue weighted by Crippen LogP contribution is 2.25. The lowest BCUT2D eigenvalue weighted by atomic mass is 10.0. The summed E-state index contributed by atoms with van der Waals surface area (Å²) in [7, 11) is 1.87. The molecular formula is C22H21ClN4OS. The summed E-state index contributed by atoms with van der Waals surface area (Å²) in [5.74, 6) is -0.0744. The van der Waals surface area contributed by atoms with Crippen molar-refractivity contribution < 1.29 is 4.79 Å². The van der Waals surface area contributed by atoms with Crippen molar-refractivity contribution in [2.75, 3.05) is 13.6 Å². The number of carbonyl (C=O) groups is 1. The van der Waals surface area contributed by atoms with Gasteiger partial charge in [0.05, 0.1) is 10.9 Å². The van der Waals surface area contributed by atoms with Crippen LogP contribution in [0.3, 0.4) is 0 Å². The van der Waals surface area contributed by atoms with Gasteiger partial charge in [-0.25, -0.2) is 4.98 Å². The largest absolute Gasteiger partial charge is 0.346 e. The SMILES string of the molecule is CNCC(NC(=O)c1sccc1Cc1ccnc2[nH]ccc12)c1cccc(Cl)c1. The zero-order valence-corrected chi connectivity index (χ0v) is 17.5. The van der Waals surface area contributed by atoms with Crippen molar-refractivity contribution in [3.8, 4) is 0 Å². The van der Waals surface area contributed by atoms with Gasteiger partial charge in [-0.15, -0.1) is 11.3 Å². The maximum Gasteiger partial charge on any atom is 0.262 e. The second-order valence-corrected chi connectivity index (χ2v) is 8.15. The lowest BCUT2D eigenvalue weighted by molar-refractivity contribution is 0.0940. The van der Waals surface area contributed by atoms with Crippen LogP contribution < -0.4 is 10.6 Å². The van der Waals surface area contributed by atoms with Crippen molar-refractivity contribution >= 4 is 39.9 Å². The molecule has 0 radical (unpaired) electrons. The Morgan fingerprint density at radius 3 is 2.97 bits per heavy atom. The number of H-pyrrole nitrogens is 1. The van der Waals surface area contributed by atoms with Gasteiger partial charge in [0.25, 0.3) is 5.91 Å². The van der Waals surface area contributed by atoms with Gasteiger partial charge in [0.2, 0.25) is 0 Å². The van der Waals surface area contributed by atoms with Crippen LogP contribution >= 0.6 is 22.9 Å². The van der Waals surface area contributed by atoms with Gasteiger partial charge >= 0.3 is 0 Å². The molecule has 7 heteroatoms. The Hall–Kier alpha value is -2.67. The minimum Gasteiger partial charge on any atom is -0.346 e. The van der Waals surface area contributed by atoms with Gasteiger partial charge in [0.1, 0.15) is 5.65 Å². The molecule has 0 fully saturated rings. The number of nitrogens with zero attached hydrogens (tertiary/aromatic N) is 1. The molecule has 0 spiro atoms. The minimum absolute atomic E-state index is 0.0744. The maximum atomic E-state index is 13.1. The van der Waals surface area contributed by atoms with Gasteiger partial charge < -0.3 is 15.6 Å². The Kier molecular flexibility index (Phi) is 5.94. The molecular weight excluding hydrogens is 404 g/mol. The summed E-state index contributed by atoms with van der Waals surface area (Å²) in [6.07, 6.45) is 4.36. The normalized spacial score (nSPS) is 12.2. The summed E-state index contributed by atoms with van der Waals surface area (Å²) in [4.78, 5) is 21.3. The van der Waals surface area contributed by atoms with Crippen molar-refractivity contribution in [2.24, 2.45) is 0 Å². The third-order valence-corrected chi connectivity index (χ3v) is 6.04. The molecule has 1 atom stereocenters. The highest BCUT2D eigenvalue weighted by Gasteiger charge is 2.19. The molecule has 3 heterocycles. The number of benzene rings is 1. The summed E-state index contributed by atoms with van der Waals surface area (Å²) < 4.78 is 0. The lowest BCUT2D eigenvalue weighted by Crippen LogP contribution is -2.34. The number of pyridine rings is 1. The monoisotopic (exact) mass is 424 g/mol. The molecule has 4 rings (SSSR count). The van der Waals surface area contributed by atoms with Crippen LogP contribution in [0.4, 0.5) is 0 Å². The van der Waals surface area contributed by atoms with E-state index in [1.807, 2.05) is 61.1 Å². The zero-order chi connectivity index (χ0) is 20.2. The van der Waals surface area contributed by atoms with Gasteiger partial charge in [-0.1, -0.05) is 23.7 Å². The van der Waals surface area contributed by atoms with E-state index in [1.165, 1.54) is 11.3 Å². The number of hydrogen-bond acceptors (Lipinski definition) is 4. The number of nitrogens with one attached hydrogen (secondary N) is 3. The fraction of sp³-hybridized carbons (Fsp3) is 0.182. The van der Waals surface area contributed by atoms with E-state index in [4.69, 9.17) is 11.6 Å². The van der Waals surface area contributed by atoms with Gasteiger partial charge in [0.15, 0.2) is 0 Å². The van der Waals surface area contributed by atoms with Crippen LogP contribution in [0.25, 0.3) is 11.0 Å². The van der Waals surface area contributed by atoms with Gasteiger partial charge in [-0.05, 0) is 65.9 Å². The Labute approximate surface area is 178 Å². The first-order valence-corrected chi connectivity index (χ1v) is 10.6. The average molecular weight is 425 g/mol. The molecule has 1 aromatic carbocycles. The lowest BCUT2D eigenvalue weighted by Gasteiger charge is -2.19. The van der Waals surface area contributed by atoms with Crippen molar-refractivity contribution in [3.63, 3.8) is 0 Å². The second kappa shape index (κ2) is 8.78. The van der Waals surface area contributed by atoms with Crippen LogP contribution in [0.15, 0.2) is 60.2 Å². The van der Waals surface area contributed by atoms with Crippen molar-refractivity contribution in [2.45, 2.75) is 12.5 Å². The summed E-state index contributed by atoms with van der Waals surface area (Å²) in [5, 5.41) is 10.00. The Morgan fingerprint density at radius 1 is 1.24 bits per heavy atom. The van der Waals surface area contributed by atoms with Crippen molar-refractivity contribution in [1.29, 1.82) is 0 Å². The molecule has 0 bridgehead atoms. The molecule has 4 aromatic rings. The topological polar surface area (TPSA) is 69.8 Å². The van der Waals surface area contributed by atoms with Crippen LogP contribution in [0.2, 0.25) is 5.02 Å². The predicted octanol–water partition coefficient (Wildman–Crippen LogP) is 4.56. The fourth-order valence-electron chi connectivity index (χ4n) is 3.46. The van der Waals surface area contributed by atoms with Gasteiger partial charge in [-0.2, -0.15) is 0 Å². The van der Waals surface area contributed by atoms with Gasteiger partial charge in [0, 0.05) is 29.3 Å². The molecule has 3 N–H and O–H groups in total. The first-order valence-electron chi connectivity index (χ1n) is 9.34. The Bertz CT molecular complexity index is 1140. The molecule has 0 aliphatic carbocycles. The van der Waals surface area contributed by atoms with Crippen LogP contribution in [0.5, 0.6) is 0 Å². The molecule has 0 aliphatic rings. The highest BCUT2D eigenvalue weighted by molar-refractivity contribution is 7.12. The van der Waals surface area contributed by atoms with Crippen LogP contribution in [-0.4, -0.2) is 29.5 Å². The zero-order valence-electron chi connectivity index (χ0n) is 15.9. The number of amides is 1. The number of thiophene rings is 1. The van der Waals surface area contributed by atoms with E-state index >= 15 is 0 Å². The number of carbonyl (C=O) groups excluding carboxylic acids is 1. The quantitative estimate of drug-likeness (QED) is 0.407. The number of aromatic nitrogens is 2. The van der Waals surface area contributed by atoms with Crippen molar-refractivity contribution in [3.05, 3.63) is 86.8 Å². The van der Waals surface area contributed by atoms with Crippen LogP contribution in [-0.2, 0) is 6.42 Å². The van der Waals surface area contributed by atoms with E-state index in [9.17, 15) is 4.79 Å². The third kappa shape index (κ3) is 4.34. The number of rotatable bonds is 7. The number of fused-ring (bicyclic) bond motifs is 1. The molecule has 1 unspecified atom stereocenters. The summed E-state index contributed by atoms with van der Waals surface area (Å²) in [5.41, 5.74) is 3.99. The highest BCUT2D eigenvalue weighted by atomic mass is 35.5. The Morgan fingerprint density at radius 2 is 2.14 bits per heavy atom. The van der Waals surface area contributed by atoms with Gasteiger partial charge in [-0.3, -0.25) is 4.79 Å². The van der Waals surface area contributed by atoms with Crippen molar-refractivity contribution in [1.82, 2.24) is 20.6 Å². The second-order valence-electron chi connectivity index (χ2n) is 6.80. The summed E-state index contributed by atoms with van der Waals surface area (Å²) >= 11 is 7.60.